The van der Waals surface area contributed by atoms with Crippen molar-refractivity contribution in [3.05, 3.63) is 18.5 Å². The summed E-state index contributed by atoms with van der Waals surface area (Å²) in [4.78, 5) is 11.5. The number of carbonyl (C=O) groups excluding carboxylic acids is 1. The molecule has 1 rings (SSSR count). The molecule has 1 aromatic heterocycles. The third-order valence-corrected chi connectivity index (χ3v) is 2.85. The molecule has 5 nitrogen and oxygen atoms in total. The van der Waals surface area contributed by atoms with Gasteiger partial charge in [-0.1, -0.05) is 19.8 Å². The van der Waals surface area contributed by atoms with Crippen LogP contribution in [-0.2, 0) is 16.1 Å². The van der Waals surface area contributed by atoms with Crippen molar-refractivity contribution in [2.45, 2.75) is 45.2 Å². The van der Waals surface area contributed by atoms with E-state index in [-0.39, 0.29) is 12.0 Å². The Kier molecular flexibility index (Phi) is 7.10. The predicted octanol–water partition coefficient (Wildman–Crippen LogP) is 1.59. The fourth-order valence-corrected chi connectivity index (χ4v) is 1.80. The van der Waals surface area contributed by atoms with Gasteiger partial charge in [0.25, 0.3) is 0 Å². The van der Waals surface area contributed by atoms with Gasteiger partial charge in [-0.3, -0.25) is 9.48 Å². The highest BCUT2D eigenvalue weighted by Crippen LogP contribution is 2.02. The largest absolute Gasteiger partial charge is 0.468 e. The molecule has 0 bridgehead atoms. The third-order valence-electron chi connectivity index (χ3n) is 2.85. The number of methoxy groups -OCH3 is 1. The van der Waals surface area contributed by atoms with E-state index in [0.717, 1.165) is 38.8 Å². The van der Waals surface area contributed by atoms with E-state index in [0.29, 0.717) is 0 Å². The molecule has 0 radical (unpaired) electrons. The number of nitrogens with zero attached hydrogens (tertiary/aromatic N) is 2. The van der Waals surface area contributed by atoms with Gasteiger partial charge in [0.2, 0.25) is 0 Å². The number of esters is 1. The zero-order valence-corrected chi connectivity index (χ0v) is 11.3. The highest BCUT2D eigenvalue weighted by atomic mass is 16.5. The van der Waals surface area contributed by atoms with Crippen LogP contribution in [0.4, 0.5) is 0 Å². The van der Waals surface area contributed by atoms with Crippen LogP contribution in [0.3, 0.4) is 0 Å². The van der Waals surface area contributed by atoms with E-state index in [4.69, 9.17) is 4.74 Å². The van der Waals surface area contributed by atoms with Crippen molar-refractivity contribution in [1.82, 2.24) is 15.1 Å². The number of nitrogens with one attached hydrogen (secondary N) is 1. The first-order chi connectivity index (χ1) is 8.77. The molecular formula is C13H23N3O2. The lowest BCUT2D eigenvalue weighted by atomic mass is 10.1. The van der Waals surface area contributed by atoms with Gasteiger partial charge < -0.3 is 10.1 Å². The molecule has 18 heavy (non-hydrogen) atoms. The summed E-state index contributed by atoms with van der Waals surface area (Å²) in [6, 6.07) is 1.74. The predicted molar refractivity (Wildman–Crippen MR) is 70.2 cm³/mol. The molecule has 0 saturated carbocycles. The Balaban J connectivity index is 2.21. The van der Waals surface area contributed by atoms with Gasteiger partial charge in [0, 0.05) is 18.9 Å². The van der Waals surface area contributed by atoms with Gasteiger partial charge >= 0.3 is 5.97 Å². The Morgan fingerprint density at radius 2 is 2.33 bits per heavy atom. The van der Waals surface area contributed by atoms with E-state index < -0.39 is 0 Å². The minimum absolute atomic E-state index is 0.164. The summed E-state index contributed by atoms with van der Waals surface area (Å²) in [5.41, 5.74) is 0. The van der Waals surface area contributed by atoms with Crippen LogP contribution in [0.1, 0.15) is 32.6 Å². The van der Waals surface area contributed by atoms with Crippen molar-refractivity contribution in [1.29, 1.82) is 0 Å². The van der Waals surface area contributed by atoms with Crippen LogP contribution in [-0.4, -0.2) is 35.4 Å². The normalized spacial score (nSPS) is 12.3. The first-order valence-electron chi connectivity index (χ1n) is 6.56. The van der Waals surface area contributed by atoms with Crippen LogP contribution in [0.25, 0.3) is 0 Å². The molecule has 1 atom stereocenters. The van der Waals surface area contributed by atoms with E-state index in [9.17, 15) is 4.79 Å². The van der Waals surface area contributed by atoms with Gasteiger partial charge in [-0.25, -0.2) is 0 Å². The second kappa shape index (κ2) is 8.69. The minimum Gasteiger partial charge on any atom is -0.468 e. The number of aryl methyl sites for hydroxylation is 1. The number of ether oxygens (including phenoxy) is 1. The van der Waals surface area contributed by atoms with Crippen LogP contribution in [0.5, 0.6) is 0 Å². The summed E-state index contributed by atoms with van der Waals surface area (Å²) in [6.07, 6.45) is 7.61. The molecule has 0 saturated heterocycles. The van der Waals surface area contributed by atoms with Gasteiger partial charge in [-0.15, -0.1) is 0 Å². The Morgan fingerprint density at radius 3 is 2.94 bits per heavy atom. The topological polar surface area (TPSA) is 56.2 Å². The number of rotatable bonds is 9. The molecule has 0 fully saturated rings. The van der Waals surface area contributed by atoms with Crippen molar-refractivity contribution in [3.63, 3.8) is 0 Å². The maximum atomic E-state index is 11.5. The van der Waals surface area contributed by atoms with Gasteiger partial charge in [0.1, 0.15) is 6.04 Å². The average Bonchev–Trinajstić information content (AvgIpc) is 2.90. The molecule has 1 aromatic rings. The third kappa shape index (κ3) is 5.31. The maximum Gasteiger partial charge on any atom is 0.322 e. The molecule has 1 N–H and O–H groups in total. The van der Waals surface area contributed by atoms with Crippen molar-refractivity contribution in [2.75, 3.05) is 13.7 Å². The van der Waals surface area contributed by atoms with E-state index in [1.54, 1.807) is 6.20 Å². The van der Waals surface area contributed by atoms with E-state index in [1.165, 1.54) is 7.11 Å². The summed E-state index contributed by atoms with van der Waals surface area (Å²) in [5.74, 6) is -0.164. The molecule has 0 aliphatic rings. The van der Waals surface area contributed by atoms with Gasteiger partial charge in [-0.05, 0) is 25.5 Å². The number of aromatic nitrogens is 2. The fraction of sp³-hybridized carbons (Fsp3) is 0.692. The number of carbonyl (C=O) groups is 1. The number of hydrogen-bond acceptors (Lipinski definition) is 4. The van der Waals surface area contributed by atoms with Crippen LogP contribution >= 0.6 is 0 Å². The summed E-state index contributed by atoms with van der Waals surface area (Å²) in [7, 11) is 1.44. The van der Waals surface area contributed by atoms with Gasteiger partial charge in [-0.2, -0.15) is 5.10 Å². The van der Waals surface area contributed by atoms with Gasteiger partial charge in [0.05, 0.1) is 7.11 Å². The Morgan fingerprint density at radius 1 is 1.50 bits per heavy atom. The summed E-state index contributed by atoms with van der Waals surface area (Å²) >= 11 is 0. The number of hydrogen-bond donors (Lipinski definition) is 1. The minimum atomic E-state index is -0.174. The monoisotopic (exact) mass is 253 g/mol. The summed E-state index contributed by atoms with van der Waals surface area (Å²) in [6.45, 7) is 3.77. The van der Waals surface area contributed by atoms with Crippen molar-refractivity contribution >= 4 is 5.97 Å². The highest BCUT2D eigenvalue weighted by molar-refractivity contribution is 5.75. The fourth-order valence-electron chi connectivity index (χ4n) is 1.80. The quantitative estimate of drug-likeness (QED) is 0.536. The molecule has 102 valence electrons. The second-order valence-corrected chi connectivity index (χ2v) is 4.29. The zero-order valence-electron chi connectivity index (χ0n) is 11.3. The first-order valence-corrected chi connectivity index (χ1v) is 6.56. The van der Waals surface area contributed by atoms with E-state index in [1.807, 2.05) is 16.9 Å². The lowest BCUT2D eigenvalue weighted by molar-refractivity contribution is -0.143. The molecular weight excluding hydrogens is 230 g/mol. The van der Waals surface area contributed by atoms with Crippen molar-refractivity contribution in [2.24, 2.45) is 0 Å². The van der Waals surface area contributed by atoms with Crippen molar-refractivity contribution in [3.8, 4) is 0 Å². The van der Waals surface area contributed by atoms with Crippen LogP contribution in [0, 0.1) is 0 Å². The summed E-state index contributed by atoms with van der Waals surface area (Å²) in [5, 5.41) is 7.38. The Bertz CT molecular complexity index is 325. The second-order valence-electron chi connectivity index (χ2n) is 4.29. The molecule has 1 heterocycles. The molecule has 0 aromatic carbocycles. The molecule has 1 unspecified atom stereocenters. The summed E-state index contributed by atoms with van der Waals surface area (Å²) < 4.78 is 6.68. The lowest BCUT2D eigenvalue weighted by Crippen LogP contribution is -2.38. The van der Waals surface area contributed by atoms with E-state index in [2.05, 4.69) is 17.3 Å². The van der Waals surface area contributed by atoms with Gasteiger partial charge in [0.15, 0.2) is 0 Å². The first kappa shape index (κ1) is 14.7. The maximum absolute atomic E-state index is 11.5. The highest BCUT2D eigenvalue weighted by Gasteiger charge is 2.16. The SMILES string of the molecule is CCCCC(NCCCn1cccn1)C(=O)OC. The van der Waals surface area contributed by atoms with E-state index >= 15 is 0 Å². The smallest absolute Gasteiger partial charge is 0.322 e. The van der Waals surface area contributed by atoms with Crippen LogP contribution in [0.15, 0.2) is 18.5 Å². The molecule has 0 aliphatic heterocycles. The standard InChI is InChI=1S/C13H23N3O2/c1-3-4-7-12(13(17)18-2)14-8-5-10-16-11-6-9-15-16/h6,9,11-12,14H,3-5,7-8,10H2,1-2H3. The molecule has 0 spiro atoms. The molecule has 0 aliphatic carbocycles. The van der Waals surface area contributed by atoms with Crippen molar-refractivity contribution < 1.29 is 9.53 Å². The Hall–Kier alpha value is -1.36. The lowest BCUT2D eigenvalue weighted by Gasteiger charge is -2.15. The Labute approximate surface area is 109 Å². The van der Waals surface area contributed by atoms with Crippen LogP contribution in [0.2, 0.25) is 0 Å². The zero-order chi connectivity index (χ0) is 13.2. The average molecular weight is 253 g/mol. The van der Waals surface area contributed by atoms with Crippen LogP contribution < -0.4 is 5.32 Å². The number of unbranched alkanes of at least 4 members (excludes halogenated alkanes) is 1. The molecule has 5 heteroatoms. The molecule has 0 amide bonds.